The molecule has 0 aliphatic rings. The van der Waals surface area contributed by atoms with Crippen LogP contribution in [0.1, 0.15) is 15.9 Å². The molecular formula is C18H20N2O3. The lowest BCUT2D eigenvalue weighted by molar-refractivity contribution is -0.129. The van der Waals surface area contributed by atoms with E-state index in [1.54, 1.807) is 36.2 Å². The Morgan fingerprint density at radius 2 is 1.70 bits per heavy atom. The molecule has 2 aromatic rings. The van der Waals surface area contributed by atoms with Crippen LogP contribution in [0.4, 0.5) is 0 Å². The highest BCUT2D eigenvalue weighted by Gasteiger charge is 2.14. The molecule has 0 radical (unpaired) electrons. The number of carbonyl (C=O) groups excluding carboxylic acids is 2. The summed E-state index contributed by atoms with van der Waals surface area (Å²) in [5.74, 6) is -0.00361. The summed E-state index contributed by atoms with van der Waals surface area (Å²) in [7, 11) is 3.22. The molecule has 0 spiro atoms. The summed E-state index contributed by atoms with van der Waals surface area (Å²) < 4.78 is 5.14. The molecular weight excluding hydrogens is 292 g/mol. The van der Waals surface area contributed by atoms with Gasteiger partial charge in [-0.1, -0.05) is 42.5 Å². The Kier molecular flexibility index (Phi) is 5.74. The third-order valence-corrected chi connectivity index (χ3v) is 3.44. The normalized spacial score (nSPS) is 10.0. The lowest BCUT2D eigenvalue weighted by Crippen LogP contribution is -2.37. The lowest BCUT2D eigenvalue weighted by Gasteiger charge is -2.18. The van der Waals surface area contributed by atoms with Crippen LogP contribution < -0.4 is 10.1 Å². The molecule has 1 N–H and O–H groups in total. The molecule has 0 bridgehead atoms. The molecule has 0 unspecified atom stereocenters. The first kappa shape index (κ1) is 16.5. The SMILES string of the molecule is COc1ccccc1C(=O)NCC(=O)N(C)Cc1ccccc1. The van der Waals surface area contributed by atoms with Crippen molar-refractivity contribution in [3.63, 3.8) is 0 Å². The maximum atomic E-state index is 12.1. The van der Waals surface area contributed by atoms with Gasteiger partial charge in [0.1, 0.15) is 5.75 Å². The van der Waals surface area contributed by atoms with E-state index in [9.17, 15) is 9.59 Å². The molecule has 0 heterocycles. The van der Waals surface area contributed by atoms with Crippen LogP contribution in [0.25, 0.3) is 0 Å². The molecule has 0 aliphatic heterocycles. The van der Waals surface area contributed by atoms with Crippen molar-refractivity contribution in [1.29, 1.82) is 0 Å². The number of hydrogen-bond acceptors (Lipinski definition) is 3. The second-order valence-corrected chi connectivity index (χ2v) is 5.12. The van der Waals surface area contributed by atoms with E-state index in [-0.39, 0.29) is 18.4 Å². The predicted molar refractivity (Wildman–Crippen MR) is 88.2 cm³/mol. The number of hydrogen-bond donors (Lipinski definition) is 1. The molecule has 23 heavy (non-hydrogen) atoms. The quantitative estimate of drug-likeness (QED) is 0.888. The molecule has 0 saturated carbocycles. The van der Waals surface area contributed by atoms with Gasteiger partial charge in [-0.2, -0.15) is 0 Å². The number of rotatable bonds is 6. The van der Waals surface area contributed by atoms with Crippen LogP contribution in [-0.4, -0.2) is 37.4 Å². The number of methoxy groups -OCH3 is 1. The van der Waals surface area contributed by atoms with Crippen molar-refractivity contribution in [2.75, 3.05) is 20.7 Å². The number of carbonyl (C=O) groups is 2. The van der Waals surface area contributed by atoms with Crippen molar-refractivity contribution in [1.82, 2.24) is 10.2 Å². The van der Waals surface area contributed by atoms with E-state index in [2.05, 4.69) is 5.32 Å². The zero-order valence-corrected chi connectivity index (χ0v) is 13.3. The fourth-order valence-corrected chi connectivity index (χ4v) is 2.16. The van der Waals surface area contributed by atoms with Gasteiger partial charge in [0.15, 0.2) is 0 Å². The van der Waals surface area contributed by atoms with Crippen LogP contribution in [-0.2, 0) is 11.3 Å². The summed E-state index contributed by atoms with van der Waals surface area (Å²) in [5.41, 5.74) is 1.45. The van der Waals surface area contributed by atoms with Gasteiger partial charge in [-0.3, -0.25) is 9.59 Å². The minimum atomic E-state index is -0.330. The number of nitrogens with zero attached hydrogens (tertiary/aromatic N) is 1. The number of nitrogens with one attached hydrogen (secondary N) is 1. The van der Waals surface area contributed by atoms with E-state index >= 15 is 0 Å². The van der Waals surface area contributed by atoms with E-state index < -0.39 is 0 Å². The van der Waals surface area contributed by atoms with Gasteiger partial charge in [-0.05, 0) is 17.7 Å². The summed E-state index contributed by atoms with van der Waals surface area (Å²) in [4.78, 5) is 25.8. The van der Waals surface area contributed by atoms with Crippen molar-refractivity contribution in [2.45, 2.75) is 6.54 Å². The smallest absolute Gasteiger partial charge is 0.255 e. The Hall–Kier alpha value is -2.82. The van der Waals surface area contributed by atoms with Gasteiger partial charge in [-0.25, -0.2) is 0 Å². The van der Waals surface area contributed by atoms with Crippen molar-refractivity contribution >= 4 is 11.8 Å². The number of benzene rings is 2. The molecule has 0 aromatic heterocycles. The maximum absolute atomic E-state index is 12.1. The van der Waals surface area contributed by atoms with E-state index in [1.807, 2.05) is 30.3 Å². The van der Waals surface area contributed by atoms with E-state index in [0.29, 0.717) is 17.9 Å². The van der Waals surface area contributed by atoms with E-state index in [4.69, 9.17) is 4.74 Å². The number of likely N-dealkylation sites (N-methyl/N-ethyl adjacent to an activating group) is 1. The van der Waals surface area contributed by atoms with Crippen LogP contribution in [0.15, 0.2) is 54.6 Å². The van der Waals surface area contributed by atoms with Crippen LogP contribution >= 0.6 is 0 Å². The average Bonchev–Trinajstić information content (AvgIpc) is 2.60. The Morgan fingerprint density at radius 1 is 1.04 bits per heavy atom. The molecule has 5 heteroatoms. The van der Waals surface area contributed by atoms with Crippen molar-refractivity contribution in [3.8, 4) is 5.75 Å². The van der Waals surface area contributed by atoms with Crippen LogP contribution in [0.3, 0.4) is 0 Å². The van der Waals surface area contributed by atoms with Gasteiger partial charge in [0.05, 0.1) is 19.2 Å². The van der Waals surface area contributed by atoms with Crippen LogP contribution in [0, 0.1) is 0 Å². The molecule has 2 amide bonds. The summed E-state index contributed by atoms with van der Waals surface area (Å²) in [6.07, 6.45) is 0. The van der Waals surface area contributed by atoms with Gasteiger partial charge in [-0.15, -0.1) is 0 Å². The standard InChI is InChI=1S/C18H20N2O3/c1-20(13-14-8-4-3-5-9-14)17(21)12-19-18(22)15-10-6-7-11-16(15)23-2/h3-11H,12-13H2,1-2H3,(H,19,22). The highest BCUT2D eigenvalue weighted by atomic mass is 16.5. The highest BCUT2D eigenvalue weighted by Crippen LogP contribution is 2.16. The molecule has 0 aliphatic carbocycles. The second-order valence-electron chi connectivity index (χ2n) is 5.12. The minimum absolute atomic E-state index is 0.0553. The Labute approximate surface area is 135 Å². The highest BCUT2D eigenvalue weighted by molar-refractivity contribution is 5.98. The summed E-state index contributed by atoms with van der Waals surface area (Å²) in [6, 6.07) is 16.6. The van der Waals surface area contributed by atoms with Gasteiger partial charge < -0.3 is 15.0 Å². The van der Waals surface area contributed by atoms with Gasteiger partial charge in [0.2, 0.25) is 5.91 Å². The number of para-hydroxylation sites is 1. The first-order valence-electron chi connectivity index (χ1n) is 7.31. The molecule has 2 rings (SSSR count). The molecule has 2 aromatic carbocycles. The predicted octanol–water partition coefficient (Wildman–Crippen LogP) is 2.08. The molecule has 0 atom stereocenters. The maximum Gasteiger partial charge on any atom is 0.255 e. The Morgan fingerprint density at radius 3 is 2.39 bits per heavy atom. The second kappa shape index (κ2) is 7.98. The summed E-state index contributed by atoms with van der Waals surface area (Å²) >= 11 is 0. The third-order valence-electron chi connectivity index (χ3n) is 3.44. The van der Waals surface area contributed by atoms with Gasteiger partial charge in [0, 0.05) is 13.6 Å². The first-order valence-corrected chi connectivity index (χ1v) is 7.31. The van der Waals surface area contributed by atoms with Gasteiger partial charge >= 0.3 is 0 Å². The van der Waals surface area contributed by atoms with Crippen LogP contribution in [0.5, 0.6) is 5.75 Å². The first-order chi connectivity index (χ1) is 11.1. The average molecular weight is 312 g/mol. The minimum Gasteiger partial charge on any atom is -0.496 e. The third kappa shape index (κ3) is 4.57. The summed E-state index contributed by atoms with van der Waals surface area (Å²) in [6.45, 7) is 0.449. The molecule has 0 fully saturated rings. The van der Waals surface area contributed by atoms with Crippen molar-refractivity contribution in [3.05, 3.63) is 65.7 Å². The fraction of sp³-hybridized carbons (Fsp3) is 0.222. The topological polar surface area (TPSA) is 58.6 Å². The van der Waals surface area contributed by atoms with E-state index in [0.717, 1.165) is 5.56 Å². The van der Waals surface area contributed by atoms with E-state index in [1.165, 1.54) is 7.11 Å². The fourth-order valence-electron chi connectivity index (χ4n) is 2.16. The molecule has 5 nitrogen and oxygen atoms in total. The van der Waals surface area contributed by atoms with Crippen molar-refractivity contribution < 1.29 is 14.3 Å². The van der Waals surface area contributed by atoms with Crippen LogP contribution in [0.2, 0.25) is 0 Å². The lowest BCUT2D eigenvalue weighted by atomic mass is 10.2. The summed E-state index contributed by atoms with van der Waals surface area (Å²) in [5, 5.41) is 2.63. The Bertz CT molecular complexity index is 671. The van der Waals surface area contributed by atoms with Crippen molar-refractivity contribution in [2.24, 2.45) is 0 Å². The zero-order valence-electron chi connectivity index (χ0n) is 13.3. The molecule has 0 saturated heterocycles. The zero-order chi connectivity index (χ0) is 16.7. The Balaban J connectivity index is 1.89. The molecule has 120 valence electrons. The number of ether oxygens (including phenoxy) is 1. The number of amides is 2. The monoisotopic (exact) mass is 312 g/mol. The largest absolute Gasteiger partial charge is 0.496 e. The van der Waals surface area contributed by atoms with Gasteiger partial charge in [0.25, 0.3) is 5.91 Å².